The third kappa shape index (κ3) is 5.00. The summed E-state index contributed by atoms with van der Waals surface area (Å²) in [4.78, 5) is 45.1. The number of rotatable bonds is 5. The maximum Gasteiger partial charge on any atom is 0.343 e. The first-order chi connectivity index (χ1) is 11.9. The van der Waals surface area contributed by atoms with Crippen molar-refractivity contribution in [1.29, 1.82) is 0 Å². The van der Waals surface area contributed by atoms with Crippen LogP contribution in [0.4, 0.5) is 0 Å². The molecule has 0 atom stereocenters. The van der Waals surface area contributed by atoms with Crippen molar-refractivity contribution in [2.75, 3.05) is 0 Å². The fourth-order valence-electron chi connectivity index (χ4n) is 1.89. The Morgan fingerprint density at radius 3 is 1.96 bits per heavy atom. The molecule has 0 N–H and O–H groups in total. The van der Waals surface area contributed by atoms with Gasteiger partial charge < -0.3 is 14.2 Å². The highest BCUT2D eigenvalue weighted by atomic mass is 16.6. The number of esters is 3. The molecule has 0 saturated heterocycles. The summed E-state index contributed by atoms with van der Waals surface area (Å²) in [6, 6.07) is 9.89. The van der Waals surface area contributed by atoms with Crippen molar-refractivity contribution >= 4 is 24.2 Å². The first-order valence-electron chi connectivity index (χ1n) is 7.17. The largest absolute Gasteiger partial charge is 0.423 e. The van der Waals surface area contributed by atoms with Gasteiger partial charge >= 0.3 is 17.9 Å². The van der Waals surface area contributed by atoms with E-state index in [2.05, 4.69) is 0 Å². The summed E-state index contributed by atoms with van der Waals surface area (Å²) < 4.78 is 15.1. The molecular formula is C18H14O7. The van der Waals surface area contributed by atoms with Gasteiger partial charge in [-0.15, -0.1) is 0 Å². The molecule has 0 fully saturated rings. The fourth-order valence-corrected chi connectivity index (χ4v) is 1.89. The summed E-state index contributed by atoms with van der Waals surface area (Å²) in [7, 11) is 0. The zero-order valence-corrected chi connectivity index (χ0v) is 13.5. The van der Waals surface area contributed by atoms with Crippen molar-refractivity contribution in [3.8, 4) is 17.2 Å². The molecular weight excluding hydrogens is 328 g/mol. The van der Waals surface area contributed by atoms with Crippen LogP contribution in [-0.4, -0.2) is 24.2 Å². The van der Waals surface area contributed by atoms with Gasteiger partial charge in [0.05, 0.1) is 5.56 Å². The lowest BCUT2D eigenvalue weighted by molar-refractivity contribution is -0.134. The second-order valence-corrected chi connectivity index (χ2v) is 4.93. The molecule has 0 radical (unpaired) electrons. The highest BCUT2D eigenvalue weighted by Gasteiger charge is 2.16. The van der Waals surface area contributed by atoms with Crippen molar-refractivity contribution in [2.45, 2.75) is 13.8 Å². The molecule has 0 aliphatic heterocycles. The number of benzene rings is 2. The van der Waals surface area contributed by atoms with Crippen LogP contribution in [0.1, 0.15) is 34.6 Å². The lowest BCUT2D eigenvalue weighted by atomic mass is 10.2. The van der Waals surface area contributed by atoms with E-state index in [-0.39, 0.29) is 22.8 Å². The van der Waals surface area contributed by atoms with Gasteiger partial charge in [0.15, 0.2) is 11.5 Å². The molecule has 0 spiro atoms. The van der Waals surface area contributed by atoms with E-state index in [1.807, 2.05) is 0 Å². The maximum atomic E-state index is 12.2. The minimum Gasteiger partial charge on any atom is -0.423 e. The number of carbonyl (C=O) groups is 4. The van der Waals surface area contributed by atoms with Gasteiger partial charge in [-0.3, -0.25) is 14.4 Å². The van der Waals surface area contributed by atoms with Gasteiger partial charge in [0.2, 0.25) is 0 Å². The van der Waals surface area contributed by atoms with Crippen molar-refractivity contribution in [3.05, 3.63) is 53.6 Å². The van der Waals surface area contributed by atoms with Gasteiger partial charge in [-0.25, -0.2) is 4.79 Å². The summed E-state index contributed by atoms with van der Waals surface area (Å²) in [5.74, 6) is -1.76. The molecule has 0 aliphatic rings. The normalized spacial score (nSPS) is 9.84. The van der Waals surface area contributed by atoms with Crippen molar-refractivity contribution in [1.82, 2.24) is 0 Å². The first-order valence-corrected chi connectivity index (χ1v) is 7.17. The second kappa shape index (κ2) is 7.87. The first kappa shape index (κ1) is 17.9. The van der Waals surface area contributed by atoms with Crippen LogP contribution in [0.3, 0.4) is 0 Å². The Morgan fingerprint density at radius 2 is 1.40 bits per heavy atom. The summed E-state index contributed by atoms with van der Waals surface area (Å²) in [5, 5.41) is 0. The monoisotopic (exact) mass is 342 g/mol. The Bertz CT molecular complexity index is 822. The molecule has 7 heteroatoms. The molecule has 25 heavy (non-hydrogen) atoms. The molecule has 7 nitrogen and oxygen atoms in total. The summed E-state index contributed by atoms with van der Waals surface area (Å²) in [6.07, 6.45) is 0.671. The number of hydrogen-bond acceptors (Lipinski definition) is 7. The molecule has 2 aromatic rings. The zero-order chi connectivity index (χ0) is 18.4. The molecule has 0 aliphatic carbocycles. The lowest BCUT2D eigenvalue weighted by Crippen LogP contribution is -2.11. The highest BCUT2D eigenvalue weighted by Crippen LogP contribution is 2.29. The van der Waals surface area contributed by atoms with E-state index in [1.54, 1.807) is 0 Å². The zero-order valence-electron chi connectivity index (χ0n) is 13.5. The highest BCUT2D eigenvalue weighted by molar-refractivity contribution is 5.92. The molecule has 0 saturated carbocycles. The predicted molar refractivity (Wildman–Crippen MR) is 85.8 cm³/mol. The third-order valence-electron chi connectivity index (χ3n) is 2.91. The average molecular weight is 342 g/mol. The van der Waals surface area contributed by atoms with Gasteiger partial charge in [0, 0.05) is 19.4 Å². The van der Waals surface area contributed by atoms with Crippen LogP contribution >= 0.6 is 0 Å². The van der Waals surface area contributed by atoms with Gasteiger partial charge in [0.1, 0.15) is 12.0 Å². The van der Waals surface area contributed by atoms with Gasteiger partial charge in [-0.2, -0.15) is 0 Å². The van der Waals surface area contributed by atoms with Crippen LogP contribution in [0, 0.1) is 0 Å². The van der Waals surface area contributed by atoms with Gasteiger partial charge in [-0.05, 0) is 42.5 Å². The summed E-state index contributed by atoms with van der Waals surface area (Å²) in [6.45, 7) is 2.37. The van der Waals surface area contributed by atoms with Crippen LogP contribution in [0.5, 0.6) is 17.2 Å². The summed E-state index contributed by atoms with van der Waals surface area (Å²) in [5.41, 5.74) is 0.536. The Kier molecular flexibility index (Phi) is 5.62. The van der Waals surface area contributed by atoms with E-state index in [4.69, 9.17) is 14.2 Å². The average Bonchev–Trinajstić information content (AvgIpc) is 2.56. The van der Waals surface area contributed by atoms with Gasteiger partial charge in [-0.1, -0.05) is 0 Å². The van der Waals surface area contributed by atoms with Crippen molar-refractivity contribution in [3.63, 3.8) is 0 Å². The van der Waals surface area contributed by atoms with Crippen molar-refractivity contribution in [2.24, 2.45) is 0 Å². The number of carbonyl (C=O) groups excluding carboxylic acids is 4. The van der Waals surface area contributed by atoms with Gasteiger partial charge in [0.25, 0.3) is 0 Å². The Morgan fingerprint density at radius 1 is 0.800 bits per heavy atom. The van der Waals surface area contributed by atoms with E-state index in [1.165, 1.54) is 56.3 Å². The number of ether oxygens (including phenoxy) is 3. The summed E-state index contributed by atoms with van der Waals surface area (Å²) >= 11 is 0. The molecule has 2 aromatic carbocycles. The smallest absolute Gasteiger partial charge is 0.343 e. The van der Waals surface area contributed by atoms with E-state index in [0.29, 0.717) is 11.8 Å². The van der Waals surface area contributed by atoms with E-state index >= 15 is 0 Å². The third-order valence-corrected chi connectivity index (χ3v) is 2.91. The van der Waals surface area contributed by atoms with Crippen LogP contribution in [0.25, 0.3) is 0 Å². The van der Waals surface area contributed by atoms with E-state index < -0.39 is 17.9 Å². The molecule has 0 aromatic heterocycles. The molecule has 128 valence electrons. The fraction of sp³-hybridized carbons (Fsp3) is 0.111. The number of hydrogen-bond donors (Lipinski definition) is 0. The molecule has 0 amide bonds. The molecule has 0 bridgehead atoms. The minimum absolute atomic E-state index is 0.00888. The maximum absolute atomic E-state index is 12.2. The predicted octanol–water partition coefficient (Wildman–Crippen LogP) is 2.57. The van der Waals surface area contributed by atoms with E-state index in [0.717, 1.165) is 0 Å². The van der Waals surface area contributed by atoms with Crippen molar-refractivity contribution < 1.29 is 33.4 Å². The topological polar surface area (TPSA) is 96.0 Å². The standard InChI is InChI=1S/C18H14O7/c1-11(20)23-16-8-5-14(9-17(16)24-12(2)21)18(22)25-15-6-3-13(10-19)4-7-15/h3-10H,1-2H3. The lowest BCUT2D eigenvalue weighted by Gasteiger charge is -2.10. The van der Waals surface area contributed by atoms with Crippen LogP contribution in [0.15, 0.2) is 42.5 Å². The Balaban J connectivity index is 2.24. The SMILES string of the molecule is CC(=O)Oc1ccc(C(=O)Oc2ccc(C=O)cc2)cc1OC(C)=O. The molecule has 0 heterocycles. The van der Waals surface area contributed by atoms with E-state index in [9.17, 15) is 19.2 Å². The second-order valence-electron chi connectivity index (χ2n) is 4.93. The number of aldehydes is 1. The molecule has 0 unspecified atom stereocenters. The van der Waals surface area contributed by atoms with Crippen LogP contribution in [-0.2, 0) is 9.59 Å². The minimum atomic E-state index is -0.707. The quantitative estimate of drug-likeness (QED) is 0.468. The Labute approximate surface area is 143 Å². The van der Waals surface area contributed by atoms with Crippen LogP contribution in [0.2, 0.25) is 0 Å². The molecule has 2 rings (SSSR count). The Hall–Kier alpha value is -3.48. The van der Waals surface area contributed by atoms with Crippen LogP contribution < -0.4 is 14.2 Å².